The molecule has 3 rings (SSSR count). The van der Waals surface area contributed by atoms with Gasteiger partial charge < -0.3 is 0 Å². The van der Waals surface area contributed by atoms with Crippen molar-refractivity contribution < 1.29 is 9.07 Å². The Kier molecular flexibility index (Phi) is 3.00. The van der Waals surface area contributed by atoms with Gasteiger partial charge in [0.15, 0.2) is 0 Å². The SMILES string of the molecule is O=Nc1nn(-c2ccccc2)n[n+]1-c1ccc(F)cc1. The fourth-order valence-corrected chi connectivity index (χ4v) is 1.75. The van der Waals surface area contributed by atoms with Crippen LogP contribution in [0.3, 0.4) is 0 Å². The average molecular weight is 270 g/mol. The van der Waals surface area contributed by atoms with E-state index in [1.165, 1.54) is 33.7 Å². The normalized spacial score (nSPS) is 10.4. The van der Waals surface area contributed by atoms with Crippen LogP contribution < -0.4 is 4.68 Å². The molecule has 0 radical (unpaired) electrons. The summed E-state index contributed by atoms with van der Waals surface area (Å²) in [6.45, 7) is 0. The van der Waals surface area contributed by atoms with Gasteiger partial charge >= 0.3 is 5.95 Å². The highest BCUT2D eigenvalue weighted by atomic mass is 19.1. The lowest BCUT2D eigenvalue weighted by Crippen LogP contribution is -2.33. The minimum atomic E-state index is -0.370. The Balaban J connectivity index is 2.10. The third-order valence-corrected chi connectivity index (χ3v) is 2.69. The molecule has 98 valence electrons. The summed E-state index contributed by atoms with van der Waals surface area (Å²) in [6.07, 6.45) is 0. The number of hydrogen-bond donors (Lipinski definition) is 0. The van der Waals surface area contributed by atoms with Crippen molar-refractivity contribution >= 4 is 5.95 Å². The lowest BCUT2D eigenvalue weighted by Gasteiger charge is -1.94. The van der Waals surface area contributed by atoms with E-state index in [9.17, 15) is 9.30 Å². The second kappa shape index (κ2) is 4.96. The summed E-state index contributed by atoms with van der Waals surface area (Å²) in [4.78, 5) is 12.1. The number of benzene rings is 2. The second-order valence-corrected chi connectivity index (χ2v) is 3.99. The molecule has 6 nitrogen and oxygen atoms in total. The highest BCUT2D eigenvalue weighted by Gasteiger charge is 2.22. The van der Waals surface area contributed by atoms with E-state index in [0.29, 0.717) is 11.4 Å². The first-order valence-corrected chi connectivity index (χ1v) is 5.82. The molecule has 1 heterocycles. The van der Waals surface area contributed by atoms with Crippen molar-refractivity contribution in [3.63, 3.8) is 0 Å². The highest BCUT2D eigenvalue weighted by molar-refractivity contribution is 5.29. The standard InChI is InChI=1S/C13H9FN5O/c14-10-6-8-11(9-7-10)18-13(16-20)15-19(17-18)12-4-2-1-3-5-12/h1-9H/q+1. The van der Waals surface area contributed by atoms with Gasteiger partial charge in [-0.15, -0.1) is 0 Å². The fraction of sp³-hybridized carbons (Fsp3) is 0. The molecule has 0 atom stereocenters. The summed E-state index contributed by atoms with van der Waals surface area (Å²) in [5.41, 5.74) is 1.20. The molecule has 1 aromatic heterocycles. The molecule has 0 N–H and O–H groups in total. The van der Waals surface area contributed by atoms with Crippen molar-refractivity contribution in [2.45, 2.75) is 0 Å². The molecule has 0 aliphatic carbocycles. The van der Waals surface area contributed by atoms with Crippen molar-refractivity contribution in [2.75, 3.05) is 0 Å². The van der Waals surface area contributed by atoms with E-state index >= 15 is 0 Å². The number of aromatic nitrogens is 4. The lowest BCUT2D eigenvalue weighted by molar-refractivity contribution is -0.649. The first kappa shape index (κ1) is 12.1. The monoisotopic (exact) mass is 270 g/mol. The first-order chi connectivity index (χ1) is 9.78. The van der Waals surface area contributed by atoms with Crippen LogP contribution in [-0.2, 0) is 0 Å². The van der Waals surface area contributed by atoms with Crippen LogP contribution in [0.25, 0.3) is 11.4 Å². The second-order valence-electron chi connectivity index (χ2n) is 3.99. The van der Waals surface area contributed by atoms with Crippen molar-refractivity contribution in [3.8, 4) is 11.4 Å². The molecule has 0 amide bonds. The van der Waals surface area contributed by atoms with Crippen LogP contribution in [0, 0.1) is 10.7 Å². The molecule has 0 fully saturated rings. The number of rotatable bonds is 3. The van der Waals surface area contributed by atoms with Gasteiger partial charge in [0, 0.05) is 5.21 Å². The molecule has 3 aromatic rings. The number of para-hydroxylation sites is 1. The predicted molar refractivity (Wildman–Crippen MR) is 68.3 cm³/mol. The van der Waals surface area contributed by atoms with Gasteiger partial charge in [0.2, 0.25) is 0 Å². The minimum absolute atomic E-state index is 0.111. The highest BCUT2D eigenvalue weighted by Crippen LogP contribution is 2.09. The van der Waals surface area contributed by atoms with Crippen LogP contribution in [-0.4, -0.2) is 15.1 Å². The number of hydrogen-bond acceptors (Lipinski definition) is 4. The van der Waals surface area contributed by atoms with Gasteiger partial charge in [-0.1, -0.05) is 27.8 Å². The molecular weight excluding hydrogens is 261 g/mol. The van der Waals surface area contributed by atoms with Crippen LogP contribution in [0.2, 0.25) is 0 Å². The molecule has 7 heteroatoms. The molecule has 0 aliphatic rings. The lowest BCUT2D eigenvalue weighted by atomic mass is 10.3. The summed E-state index contributed by atoms with van der Waals surface area (Å²) in [6, 6.07) is 14.6. The maximum Gasteiger partial charge on any atom is 0.481 e. The Morgan fingerprint density at radius 2 is 1.75 bits per heavy atom. The van der Waals surface area contributed by atoms with Gasteiger partial charge in [-0.3, -0.25) is 0 Å². The average Bonchev–Trinajstić information content (AvgIpc) is 2.93. The number of nitroso groups, excluding NO2 is 1. The van der Waals surface area contributed by atoms with E-state index in [0.717, 1.165) is 0 Å². The first-order valence-electron chi connectivity index (χ1n) is 5.82. The molecule has 0 saturated heterocycles. The van der Waals surface area contributed by atoms with Crippen molar-refractivity contribution in [1.82, 2.24) is 15.1 Å². The number of tetrazole rings is 1. The summed E-state index contributed by atoms with van der Waals surface area (Å²) in [7, 11) is 0. The Morgan fingerprint density at radius 3 is 2.40 bits per heavy atom. The van der Waals surface area contributed by atoms with Gasteiger partial charge in [-0.2, -0.15) is 0 Å². The maximum atomic E-state index is 12.9. The number of halogens is 1. The Labute approximate surface area is 113 Å². The molecule has 0 aliphatic heterocycles. The zero-order valence-electron chi connectivity index (χ0n) is 10.2. The smallest absolute Gasteiger partial charge is 0.207 e. The Bertz CT molecular complexity index is 739. The predicted octanol–water partition coefficient (Wildman–Crippen LogP) is 2.08. The molecular formula is C13H9FN5O+. The van der Waals surface area contributed by atoms with E-state index in [-0.39, 0.29) is 11.8 Å². The molecule has 0 bridgehead atoms. The fourth-order valence-electron chi connectivity index (χ4n) is 1.75. The summed E-state index contributed by atoms with van der Waals surface area (Å²) in [5.74, 6) is -0.481. The summed E-state index contributed by atoms with van der Waals surface area (Å²) < 4.78 is 14.2. The molecule has 0 unspecified atom stereocenters. The maximum absolute atomic E-state index is 12.9. The molecule has 0 spiro atoms. The summed E-state index contributed by atoms with van der Waals surface area (Å²) >= 11 is 0. The third kappa shape index (κ3) is 2.16. The largest absolute Gasteiger partial charge is 0.481 e. The van der Waals surface area contributed by atoms with E-state index in [4.69, 9.17) is 0 Å². The zero-order chi connectivity index (χ0) is 13.9. The van der Waals surface area contributed by atoms with Gasteiger partial charge in [0.25, 0.3) is 0 Å². The third-order valence-electron chi connectivity index (χ3n) is 2.69. The van der Waals surface area contributed by atoms with Crippen molar-refractivity contribution in [2.24, 2.45) is 5.18 Å². The molecule has 20 heavy (non-hydrogen) atoms. The topological polar surface area (TPSA) is 64.0 Å². The van der Waals surface area contributed by atoms with Crippen LogP contribution in [0.5, 0.6) is 0 Å². The quantitative estimate of drug-likeness (QED) is 0.540. The van der Waals surface area contributed by atoms with Crippen LogP contribution in [0.1, 0.15) is 0 Å². The van der Waals surface area contributed by atoms with Gasteiger partial charge in [-0.25, -0.2) is 4.39 Å². The zero-order valence-corrected chi connectivity index (χ0v) is 10.2. The summed E-state index contributed by atoms with van der Waals surface area (Å²) in [5, 5.41) is 11.0. The van der Waals surface area contributed by atoms with Crippen molar-refractivity contribution in [3.05, 3.63) is 65.3 Å². The van der Waals surface area contributed by atoms with Crippen LogP contribution in [0.4, 0.5) is 10.3 Å². The van der Waals surface area contributed by atoms with Gasteiger partial charge in [0.1, 0.15) is 22.4 Å². The van der Waals surface area contributed by atoms with E-state index < -0.39 is 0 Å². The number of nitrogens with zero attached hydrogens (tertiary/aromatic N) is 5. The van der Waals surface area contributed by atoms with Gasteiger partial charge in [-0.05, 0) is 41.2 Å². The van der Waals surface area contributed by atoms with E-state index in [1.807, 2.05) is 18.2 Å². The minimum Gasteiger partial charge on any atom is -0.207 e. The van der Waals surface area contributed by atoms with Gasteiger partial charge in [0.05, 0.1) is 5.10 Å². The van der Waals surface area contributed by atoms with Crippen molar-refractivity contribution in [1.29, 1.82) is 0 Å². The Hall–Kier alpha value is -2.96. The molecule has 2 aromatic carbocycles. The van der Waals surface area contributed by atoms with E-state index in [1.54, 1.807) is 12.1 Å². The van der Waals surface area contributed by atoms with E-state index in [2.05, 4.69) is 15.5 Å². The van der Waals surface area contributed by atoms with Crippen LogP contribution in [0.15, 0.2) is 59.8 Å². The molecule has 0 saturated carbocycles. The Morgan fingerprint density at radius 1 is 1.05 bits per heavy atom. The van der Waals surface area contributed by atoms with Crippen LogP contribution >= 0.6 is 0 Å².